The fourth-order valence-corrected chi connectivity index (χ4v) is 1.84. The Morgan fingerprint density at radius 2 is 1.94 bits per heavy atom. The molecular formula is C14H21NO2. The topological polar surface area (TPSA) is 38.3 Å². The molecule has 1 fully saturated rings. The summed E-state index contributed by atoms with van der Waals surface area (Å²) in [7, 11) is 3.52. The Hall–Kier alpha value is -1.35. The number of nitrogens with one attached hydrogen (secondary N) is 1. The SMILES string of the molecule is CN[C@H]1CCCCC1=O.COc1ccccc1. The molecule has 3 heteroatoms. The second-order valence-corrected chi connectivity index (χ2v) is 4.07. The highest BCUT2D eigenvalue weighted by Gasteiger charge is 2.19. The van der Waals surface area contributed by atoms with Crippen molar-refractivity contribution in [1.29, 1.82) is 0 Å². The maximum atomic E-state index is 11.0. The highest BCUT2D eigenvalue weighted by molar-refractivity contribution is 5.84. The van der Waals surface area contributed by atoms with Gasteiger partial charge in [-0.3, -0.25) is 4.79 Å². The van der Waals surface area contributed by atoms with Gasteiger partial charge in [0.05, 0.1) is 13.2 Å². The molecule has 3 nitrogen and oxygen atoms in total. The van der Waals surface area contributed by atoms with Crippen LogP contribution in [0.4, 0.5) is 0 Å². The monoisotopic (exact) mass is 235 g/mol. The number of methoxy groups -OCH3 is 1. The average molecular weight is 235 g/mol. The molecule has 1 aromatic rings. The molecule has 0 saturated heterocycles. The Morgan fingerprint density at radius 3 is 2.35 bits per heavy atom. The zero-order valence-electron chi connectivity index (χ0n) is 10.6. The largest absolute Gasteiger partial charge is 0.497 e. The van der Waals surface area contributed by atoms with Crippen LogP contribution in [0.5, 0.6) is 5.75 Å². The van der Waals surface area contributed by atoms with E-state index in [0.29, 0.717) is 5.78 Å². The maximum Gasteiger partial charge on any atom is 0.149 e. The van der Waals surface area contributed by atoms with Crippen molar-refractivity contribution in [1.82, 2.24) is 5.32 Å². The Bertz CT molecular complexity index is 324. The number of carbonyl (C=O) groups is 1. The van der Waals surface area contributed by atoms with Gasteiger partial charge in [-0.15, -0.1) is 0 Å². The molecule has 1 saturated carbocycles. The van der Waals surface area contributed by atoms with Crippen molar-refractivity contribution in [3.05, 3.63) is 30.3 Å². The van der Waals surface area contributed by atoms with Crippen LogP contribution in [0, 0.1) is 0 Å². The molecule has 0 radical (unpaired) electrons. The molecule has 0 unspecified atom stereocenters. The summed E-state index contributed by atoms with van der Waals surface area (Å²) in [6.07, 6.45) is 4.12. The lowest BCUT2D eigenvalue weighted by molar-refractivity contribution is -0.122. The molecule has 0 amide bonds. The predicted molar refractivity (Wildman–Crippen MR) is 69.3 cm³/mol. The third-order valence-corrected chi connectivity index (χ3v) is 2.88. The minimum absolute atomic E-state index is 0.166. The highest BCUT2D eigenvalue weighted by atomic mass is 16.5. The second-order valence-electron chi connectivity index (χ2n) is 4.07. The number of ketones is 1. The molecule has 1 aromatic carbocycles. The average Bonchev–Trinajstić information content (AvgIpc) is 2.41. The molecule has 0 bridgehead atoms. The van der Waals surface area contributed by atoms with Gasteiger partial charge in [0.25, 0.3) is 0 Å². The van der Waals surface area contributed by atoms with E-state index in [9.17, 15) is 4.79 Å². The molecular weight excluding hydrogens is 214 g/mol. The number of para-hydroxylation sites is 1. The molecule has 0 spiro atoms. The first-order valence-corrected chi connectivity index (χ1v) is 6.07. The number of hydrogen-bond donors (Lipinski definition) is 1. The number of Topliss-reactive ketones (excluding diaryl/α,β-unsaturated/α-hetero) is 1. The third-order valence-electron chi connectivity index (χ3n) is 2.88. The van der Waals surface area contributed by atoms with Crippen LogP contribution in [-0.4, -0.2) is 26.0 Å². The lowest BCUT2D eigenvalue weighted by Crippen LogP contribution is -2.36. The Kier molecular flexibility index (Phi) is 6.33. The Morgan fingerprint density at radius 1 is 1.24 bits per heavy atom. The molecule has 1 N–H and O–H groups in total. The second kappa shape index (κ2) is 7.85. The van der Waals surface area contributed by atoms with Gasteiger partial charge in [-0.05, 0) is 32.0 Å². The van der Waals surface area contributed by atoms with E-state index in [0.717, 1.165) is 25.0 Å². The first-order chi connectivity index (χ1) is 8.27. The van der Waals surface area contributed by atoms with Gasteiger partial charge in [0.1, 0.15) is 11.5 Å². The van der Waals surface area contributed by atoms with Crippen LogP contribution >= 0.6 is 0 Å². The number of carbonyl (C=O) groups excluding carboxylic acids is 1. The van der Waals surface area contributed by atoms with Crippen molar-refractivity contribution >= 4 is 5.78 Å². The summed E-state index contributed by atoms with van der Waals surface area (Å²) in [4.78, 5) is 11.0. The van der Waals surface area contributed by atoms with Crippen LogP contribution in [0.15, 0.2) is 30.3 Å². The van der Waals surface area contributed by atoms with Crippen LogP contribution in [0.2, 0.25) is 0 Å². The third kappa shape index (κ3) is 5.00. The number of hydrogen-bond acceptors (Lipinski definition) is 3. The summed E-state index contributed by atoms with van der Waals surface area (Å²) in [5.41, 5.74) is 0. The van der Waals surface area contributed by atoms with Crippen LogP contribution < -0.4 is 10.1 Å². The Balaban J connectivity index is 0.000000171. The predicted octanol–water partition coefficient (Wildman–Crippen LogP) is 2.41. The minimum atomic E-state index is 0.166. The fraction of sp³-hybridized carbons (Fsp3) is 0.500. The summed E-state index contributed by atoms with van der Waals surface area (Å²) >= 11 is 0. The standard InChI is InChI=1S/C7H13NO.C7H8O/c1-8-6-4-2-3-5-7(6)9;1-8-7-5-3-2-4-6-7/h6,8H,2-5H2,1H3;2-6H,1H3/t6-;/m0./s1. The lowest BCUT2D eigenvalue weighted by Gasteiger charge is -2.18. The number of rotatable bonds is 2. The molecule has 0 aliphatic heterocycles. The normalized spacial score (nSPS) is 19.2. The van der Waals surface area contributed by atoms with Gasteiger partial charge >= 0.3 is 0 Å². The van der Waals surface area contributed by atoms with E-state index >= 15 is 0 Å². The molecule has 94 valence electrons. The smallest absolute Gasteiger partial charge is 0.149 e. The van der Waals surface area contributed by atoms with Crippen molar-refractivity contribution in [2.45, 2.75) is 31.7 Å². The van der Waals surface area contributed by atoms with Gasteiger partial charge in [0.2, 0.25) is 0 Å². The van der Waals surface area contributed by atoms with Gasteiger partial charge in [0.15, 0.2) is 0 Å². The van der Waals surface area contributed by atoms with Gasteiger partial charge < -0.3 is 10.1 Å². The van der Waals surface area contributed by atoms with E-state index in [2.05, 4.69) is 5.32 Å². The summed E-state index contributed by atoms with van der Waals surface area (Å²) in [5, 5.41) is 3.00. The van der Waals surface area contributed by atoms with Crippen molar-refractivity contribution in [3.63, 3.8) is 0 Å². The van der Waals surface area contributed by atoms with Crippen LogP contribution in [0.1, 0.15) is 25.7 Å². The van der Waals surface area contributed by atoms with Crippen LogP contribution in [-0.2, 0) is 4.79 Å². The van der Waals surface area contributed by atoms with E-state index in [1.807, 2.05) is 37.4 Å². The van der Waals surface area contributed by atoms with E-state index in [-0.39, 0.29) is 6.04 Å². The molecule has 1 aliphatic carbocycles. The summed E-state index contributed by atoms with van der Waals surface area (Å²) in [6.45, 7) is 0. The van der Waals surface area contributed by atoms with E-state index in [1.165, 1.54) is 6.42 Å². The first kappa shape index (κ1) is 13.7. The van der Waals surface area contributed by atoms with Crippen molar-refractivity contribution < 1.29 is 9.53 Å². The fourth-order valence-electron chi connectivity index (χ4n) is 1.84. The molecule has 1 atom stereocenters. The van der Waals surface area contributed by atoms with Crippen molar-refractivity contribution in [2.75, 3.05) is 14.2 Å². The van der Waals surface area contributed by atoms with Crippen molar-refractivity contribution in [2.24, 2.45) is 0 Å². The van der Waals surface area contributed by atoms with E-state index in [4.69, 9.17) is 4.74 Å². The first-order valence-electron chi connectivity index (χ1n) is 6.07. The van der Waals surface area contributed by atoms with Gasteiger partial charge in [-0.2, -0.15) is 0 Å². The van der Waals surface area contributed by atoms with Gasteiger partial charge in [0, 0.05) is 6.42 Å². The zero-order chi connectivity index (χ0) is 12.5. The van der Waals surface area contributed by atoms with Crippen LogP contribution in [0.25, 0.3) is 0 Å². The molecule has 0 heterocycles. The summed E-state index contributed by atoms with van der Waals surface area (Å²) < 4.78 is 4.91. The molecule has 1 aliphatic rings. The Labute approximate surface area is 103 Å². The maximum absolute atomic E-state index is 11.0. The number of likely N-dealkylation sites (N-methyl/N-ethyl adjacent to an activating group) is 1. The quantitative estimate of drug-likeness (QED) is 0.855. The molecule has 0 aromatic heterocycles. The summed E-state index contributed by atoms with van der Waals surface area (Å²) in [6, 6.07) is 9.85. The van der Waals surface area contributed by atoms with Crippen molar-refractivity contribution in [3.8, 4) is 5.75 Å². The van der Waals surface area contributed by atoms with Gasteiger partial charge in [-0.25, -0.2) is 0 Å². The lowest BCUT2D eigenvalue weighted by atomic mass is 9.94. The van der Waals surface area contributed by atoms with E-state index in [1.54, 1.807) is 7.11 Å². The highest BCUT2D eigenvalue weighted by Crippen LogP contribution is 2.13. The minimum Gasteiger partial charge on any atom is -0.497 e. The van der Waals surface area contributed by atoms with E-state index < -0.39 is 0 Å². The number of ether oxygens (including phenoxy) is 1. The number of benzene rings is 1. The summed E-state index contributed by atoms with van der Waals surface area (Å²) in [5.74, 6) is 1.30. The van der Waals surface area contributed by atoms with Gasteiger partial charge in [-0.1, -0.05) is 24.6 Å². The molecule has 2 rings (SSSR count). The zero-order valence-corrected chi connectivity index (χ0v) is 10.6. The van der Waals surface area contributed by atoms with Crippen LogP contribution in [0.3, 0.4) is 0 Å². The molecule has 17 heavy (non-hydrogen) atoms.